The highest BCUT2D eigenvalue weighted by Crippen LogP contribution is 2.34. The highest BCUT2D eigenvalue weighted by atomic mass is 32.2. The molecule has 1 heterocycles. The van der Waals surface area contributed by atoms with Gasteiger partial charge in [-0.05, 0) is 38.0 Å². The summed E-state index contributed by atoms with van der Waals surface area (Å²) in [5.41, 5.74) is 0.674. The molecule has 0 unspecified atom stereocenters. The zero-order valence-electron chi connectivity index (χ0n) is 21.7. The summed E-state index contributed by atoms with van der Waals surface area (Å²) in [6, 6.07) is 4.32. The van der Waals surface area contributed by atoms with Gasteiger partial charge in [0, 0.05) is 43.0 Å². The standard InChI is InChI=1S/C27H40N2O5S/c1-19(2)11-12-22-13-14-26-24(15-22)34-25(17-28(5)27(31)23-9-7-6-8-10-23)20(3)16-29(21(4)18-30)35(26,32)33/h13-15,19-21,23,25,30H,6-10,16-18H2,1-5H3/t20-,21-,25-/m0/s1. The van der Waals surface area contributed by atoms with Crippen molar-refractivity contribution in [2.75, 3.05) is 26.7 Å². The predicted octanol–water partition coefficient (Wildman–Crippen LogP) is 3.50. The number of carbonyl (C=O) groups is 1. The van der Waals surface area contributed by atoms with Crippen LogP contribution in [0.5, 0.6) is 5.75 Å². The summed E-state index contributed by atoms with van der Waals surface area (Å²) < 4.78 is 34.9. The van der Waals surface area contributed by atoms with Crippen LogP contribution in [-0.4, -0.2) is 67.5 Å². The Kier molecular flexibility index (Phi) is 9.25. The van der Waals surface area contributed by atoms with Crippen LogP contribution in [0, 0.1) is 29.6 Å². The van der Waals surface area contributed by atoms with Gasteiger partial charge in [0.25, 0.3) is 0 Å². The first-order chi connectivity index (χ1) is 16.5. The van der Waals surface area contributed by atoms with Gasteiger partial charge in [-0.15, -0.1) is 0 Å². The molecule has 0 bridgehead atoms. The molecule has 35 heavy (non-hydrogen) atoms. The van der Waals surface area contributed by atoms with Gasteiger partial charge in [0.2, 0.25) is 15.9 Å². The van der Waals surface area contributed by atoms with Gasteiger partial charge in [-0.25, -0.2) is 8.42 Å². The third kappa shape index (κ3) is 6.58. The van der Waals surface area contributed by atoms with E-state index in [1.54, 1.807) is 24.0 Å². The Morgan fingerprint density at radius 3 is 2.54 bits per heavy atom. The summed E-state index contributed by atoms with van der Waals surface area (Å²) in [6.07, 6.45) is 4.78. The molecule has 1 amide bonds. The topological polar surface area (TPSA) is 87.2 Å². The maximum absolute atomic E-state index is 13.6. The van der Waals surface area contributed by atoms with Crippen molar-refractivity contribution >= 4 is 15.9 Å². The fourth-order valence-corrected chi connectivity index (χ4v) is 6.60. The zero-order chi connectivity index (χ0) is 25.8. The molecule has 3 atom stereocenters. The number of hydrogen-bond acceptors (Lipinski definition) is 5. The van der Waals surface area contributed by atoms with E-state index in [-0.39, 0.29) is 47.5 Å². The largest absolute Gasteiger partial charge is 0.487 e. The van der Waals surface area contributed by atoms with Crippen molar-refractivity contribution < 1.29 is 23.1 Å². The Morgan fingerprint density at radius 2 is 1.91 bits per heavy atom. The van der Waals surface area contributed by atoms with Crippen molar-refractivity contribution in [1.82, 2.24) is 9.21 Å². The number of carbonyl (C=O) groups excluding carboxylic acids is 1. The van der Waals surface area contributed by atoms with Crippen LogP contribution in [0.4, 0.5) is 0 Å². The lowest BCUT2D eigenvalue weighted by molar-refractivity contribution is -0.136. The number of ether oxygens (including phenoxy) is 1. The molecule has 1 N–H and O–H groups in total. The first-order valence-corrected chi connectivity index (χ1v) is 14.2. The molecule has 1 aromatic rings. The second kappa shape index (κ2) is 11.8. The number of sulfonamides is 1. The molecule has 1 aliphatic heterocycles. The van der Waals surface area contributed by atoms with Crippen LogP contribution in [0.3, 0.4) is 0 Å². The van der Waals surface area contributed by atoms with E-state index in [1.165, 1.54) is 16.8 Å². The number of likely N-dealkylation sites (N-methyl/N-ethyl adjacent to an activating group) is 1. The molecule has 8 heteroatoms. The Hall–Kier alpha value is -2.08. The number of aliphatic hydroxyl groups is 1. The average molecular weight is 505 g/mol. The van der Waals surface area contributed by atoms with E-state index in [1.807, 2.05) is 27.8 Å². The third-order valence-electron chi connectivity index (χ3n) is 6.96. The van der Waals surface area contributed by atoms with Crippen LogP contribution in [0.15, 0.2) is 23.1 Å². The smallest absolute Gasteiger partial charge is 0.247 e. The Balaban J connectivity index is 1.97. The highest BCUT2D eigenvalue weighted by molar-refractivity contribution is 7.89. The second-order valence-corrected chi connectivity index (χ2v) is 12.2. The molecule has 0 aromatic heterocycles. The van der Waals surface area contributed by atoms with Crippen LogP contribution < -0.4 is 4.74 Å². The third-order valence-corrected chi connectivity index (χ3v) is 8.98. The van der Waals surface area contributed by atoms with Gasteiger partial charge < -0.3 is 14.7 Å². The second-order valence-electron chi connectivity index (χ2n) is 10.4. The zero-order valence-corrected chi connectivity index (χ0v) is 22.5. The fraction of sp³-hybridized carbons (Fsp3) is 0.667. The molecule has 0 spiro atoms. The number of fused-ring (bicyclic) bond motifs is 1. The van der Waals surface area contributed by atoms with Crippen molar-refractivity contribution in [2.45, 2.75) is 76.8 Å². The van der Waals surface area contributed by atoms with Crippen LogP contribution >= 0.6 is 0 Å². The Bertz CT molecular complexity index is 1050. The summed E-state index contributed by atoms with van der Waals surface area (Å²) in [6.45, 7) is 7.88. The molecule has 3 rings (SSSR count). The molecular weight excluding hydrogens is 464 g/mol. The minimum atomic E-state index is -3.90. The van der Waals surface area contributed by atoms with E-state index in [0.29, 0.717) is 12.1 Å². The molecule has 1 fully saturated rings. The van der Waals surface area contributed by atoms with E-state index in [0.717, 1.165) is 25.7 Å². The Labute approximate surface area is 210 Å². The lowest BCUT2D eigenvalue weighted by atomic mass is 9.88. The summed E-state index contributed by atoms with van der Waals surface area (Å²) in [7, 11) is -2.09. The number of rotatable bonds is 5. The van der Waals surface area contributed by atoms with Crippen LogP contribution in [0.25, 0.3) is 0 Å². The fourth-order valence-electron chi connectivity index (χ4n) is 4.77. The number of amides is 1. The van der Waals surface area contributed by atoms with Crippen molar-refractivity contribution in [2.24, 2.45) is 17.8 Å². The SMILES string of the molecule is CC(C)C#Cc1ccc2c(c1)O[C@@H](CN(C)C(=O)C1CCCCC1)[C@@H](C)CN([C@@H](C)CO)S2(=O)=O. The van der Waals surface area contributed by atoms with E-state index in [2.05, 4.69) is 11.8 Å². The van der Waals surface area contributed by atoms with Crippen molar-refractivity contribution in [3.05, 3.63) is 23.8 Å². The van der Waals surface area contributed by atoms with E-state index in [4.69, 9.17) is 4.74 Å². The van der Waals surface area contributed by atoms with Gasteiger partial charge >= 0.3 is 0 Å². The van der Waals surface area contributed by atoms with Crippen LogP contribution in [-0.2, 0) is 14.8 Å². The first kappa shape index (κ1) is 27.5. The summed E-state index contributed by atoms with van der Waals surface area (Å²) in [4.78, 5) is 14.9. The number of nitrogens with zero attached hydrogens (tertiary/aromatic N) is 2. The van der Waals surface area contributed by atoms with Gasteiger partial charge in [-0.3, -0.25) is 4.79 Å². The molecule has 0 saturated heterocycles. The summed E-state index contributed by atoms with van der Waals surface area (Å²) >= 11 is 0. The van der Waals surface area contributed by atoms with E-state index in [9.17, 15) is 18.3 Å². The van der Waals surface area contributed by atoms with E-state index >= 15 is 0 Å². The monoisotopic (exact) mass is 504 g/mol. The molecular formula is C27H40N2O5S. The lowest BCUT2D eigenvalue weighted by Gasteiger charge is -2.38. The van der Waals surface area contributed by atoms with Gasteiger partial charge in [0.15, 0.2) is 0 Å². The summed E-state index contributed by atoms with van der Waals surface area (Å²) in [5, 5.41) is 9.80. The van der Waals surface area contributed by atoms with Crippen LogP contribution in [0.2, 0.25) is 0 Å². The molecule has 2 aliphatic rings. The average Bonchev–Trinajstić information content (AvgIpc) is 2.84. The Morgan fingerprint density at radius 1 is 1.23 bits per heavy atom. The van der Waals surface area contributed by atoms with E-state index < -0.39 is 22.2 Å². The van der Waals surface area contributed by atoms with Gasteiger partial charge in [0.05, 0.1) is 13.2 Å². The number of aliphatic hydroxyl groups excluding tert-OH is 1. The van der Waals surface area contributed by atoms with Gasteiger partial charge in [-0.2, -0.15) is 4.31 Å². The highest BCUT2D eigenvalue weighted by Gasteiger charge is 2.38. The van der Waals surface area contributed by atoms with Crippen molar-refractivity contribution in [3.63, 3.8) is 0 Å². The molecule has 1 saturated carbocycles. The van der Waals surface area contributed by atoms with Crippen molar-refractivity contribution in [1.29, 1.82) is 0 Å². The predicted molar refractivity (Wildman–Crippen MR) is 136 cm³/mol. The normalized spacial score (nSPS) is 23.7. The maximum Gasteiger partial charge on any atom is 0.247 e. The quantitative estimate of drug-likeness (QED) is 0.620. The summed E-state index contributed by atoms with van der Waals surface area (Å²) in [5.74, 6) is 6.58. The number of benzene rings is 1. The molecule has 1 aromatic carbocycles. The lowest BCUT2D eigenvalue weighted by Crippen LogP contribution is -2.50. The van der Waals surface area contributed by atoms with Gasteiger partial charge in [0.1, 0.15) is 16.7 Å². The minimum Gasteiger partial charge on any atom is -0.487 e. The first-order valence-electron chi connectivity index (χ1n) is 12.7. The molecule has 7 nitrogen and oxygen atoms in total. The minimum absolute atomic E-state index is 0.0501. The van der Waals surface area contributed by atoms with Crippen LogP contribution in [0.1, 0.15) is 65.4 Å². The van der Waals surface area contributed by atoms with Crippen molar-refractivity contribution in [3.8, 4) is 17.6 Å². The molecule has 0 radical (unpaired) electrons. The molecule has 194 valence electrons. The maximum atomic E-state index is 13.6. The van der Waals surface area contributed by atoms with Gasteiger partial charge in [-0.1, -0.05) is 51.9 Å². The molecule has 1 aliphatic carbocycles. The number of hydrogen-bond donors (Lipinski definition) is 1.